The molecule has 0 unspecified atom stereocenters. The van der Waals surface area contributed by atoms with Crippen molar-refractivity contribution in [3.63, 3.8) is 0 Å². The number of hydrogen-bond donors (Lipinski definition) is 2. The summed E-state index contributed by atoms with van der Waals surface area (Å²) < 4.78 is 9.02. The molecule has 136 valence electrons. The molecule has 0 spiro atoms. The first kappa shape index (κ1) is 19.9. The third-order valence-corrected chi connectivity index (χ3v) is 4.13. The summed E-state index contributed by atoms with van der Waals surface area (Å²) in [7, 11) is 2.60. The van der Waals surface area contributed by atoms with Crippen molar-refractivity contribution < 1.29 is 28.7 Å². The van der Waals surface area contributed by atoms with Crippen LogP contribution in [0.15, 0.2) is 0 Å². The van der Waals surface area contributed by atoms with E-state index in [-0.39, 0.29) is 61.5 Å². The molecule has 0 aromatic carbocycles. The Morgan fingerprint density at radius 2 is 1.25 bits per heavy atom. The molecular formula is C16H26N2O6. The zero-order chi connectivity index (χ0) is 17.9. The zero-order valence-corrected chi connectivity index (χ0v) is 14.3. The number of hydrogen-bond acceptors (Lipinski definition) is 6. The largest absolute Gasteiger partial charge is 0.469 e. The van der Waals surface area contributed by atoms with E-state index in [2.05, 4.69) is 20.1 Å². The van der Waals surface area contributed by atoms with E-state index in [1.807, 2.05) is 0 Å². The lowest BCUT2D eigenvalue weighted by Gasteiger charge is -2.27. The number of rotatable bonds is 8. The second-order valence-electron chi connectivity index (χ2n) is 5.79. The van der Waals surface area contributed by atoms with E-state index in [4.69, 9.17) is 0 Å². The summed E-state index contributed by atoms with van der Waals surface area (Å²) in [5.74, 6) is -1.47. The number of nitrogens with one attached hydrogen (secondary N) is 2. The van der Waals surface area contributed by atoms with Crippen LogP contribution in [0, 0.1) is 11.8 Å². The highest BCUT2D eigenvalue weighted by Crippen LogP contribution is 2.29. The molecule has 0 aromatic heterocycles. The minimum atomic E-state index is -0.373. The number of carbonyl (C=O) groups is 4. The lowest BCUT2D eigenvalue weighted by molar-refractivity contribution is -0.141. The van der Waals surface area contributed by atoms with Crippen molar-refractivity contribution in [3.05, 3.63) is 0 Å². The molecule has 0 heterocycles. The summed E-state index contributed by atoms with van der Waals surface area (Å²) >= 11 is 0. The average Bonchev–Trinajstić information content (AvgIpc) is 2.61. The fraction of sp³-hybridized carbons (Fsp3) is 0.750. The minimum Gasteiger partial charge on any atom is -0.469 e. The summed E-state index contributed by atoms with van der Waals surface area (Å²) in [5.41, 5.74) is 0. The van der Waals surface area contributed by atoms with Gasteiger partial charge in [0.15, 0.2) is 0 Å². The zero-order valence-electron chi connectivity index (χ0n) is 14.3. The van der Waals surface area contributed by atoms with E-state index in [0.29, 0.717) is 6.42 Å². The van der Waals surface area contributed by atoms with Gasteiger partial charge in [-0.15, -0.1) is 0 Å². The van der Waals surface area contributed by atoms with E-state index >= 15 is 0 Å². The quantitative estimate of drug-likeness (QED) is 0.608. The number of methoxy groups -OCH3 is 2. The van der Waals surface area contributed by atoms with Crippen molar-refractivity contribution in [2.24, 2.45) is 11.8 Å². The van der Waals surface area contributed by atoms with Crippen molar-refractivity contribution in [2.75, 3.05) is 27.3 Å². The van der Waals surface area contributed by atoms with Crippen LogP contribution in [-0.2, 0) is 28.7 Å². The van der Waals surface area contributed by atoms with E-state index in [1.165, 1.54) is 14.2 Å². The molecule has 0 aromatic rings. The van der Waals surface area contributed by atoms with Crippen LogP contribution in [0.1, 0.15) is 38.5 Å². The molecule has 2 N–H and O–H groups in total. The summed E-state index contributed by atoms with van der Waals surface area (Å²) in [6, 6.07) is 0. The van der Waals surface area contributed by atoms with E-state index in [1.54, 1.807) is 0 Å². The molecule has 2 atom stereocenters. The van der Waals surface area contributed by atoms with Crippen LogP contribution in [0.2, 0.25) is 0 Å². The van der Waals surface area contributed by atoms with Gasteiger partial charge >= 0.3 is 11.9 Å². The molecular weight excluding hydrogens is 316 g/mol. The van der Waals surface area contributed by atoms with Crippen molar-refractivity contribution in [1.29, 1.82) is 0 Å². The van der Waals surface area contributed by atoms with Crippen LogP contribution < -0.4 is 10.6 Å². The average molecular weight is 342 g/mol. The maximum absolute atomic E-state index is 12.1. The Kier molecular flexibility index (Phi) is 8.81. The Morgan fingerprint density at radius 3 is 1.62 bits per heavy atom. The Morgan fingerprint density at radius 1 is 0.833 bits per heavy atom. The molecule has 1 saturated carbocycles. The molecule has 1 aliphatic rings. The maximum Gasteiger partial charge on any atom is 0.307 e. The smallest absolute Gasteiger partial charge is 0.307 e. The molecule has 1 fully saturated rings. The predicted molar refractivity (Wildman–Crippen MR) is 84.7 cm³/mol. The first-order valence-electron chi connectivity index (χ1n) is 8.17. The molecule has 0 bridgehead atoms. The molecule has 8 nitrogen and oxygen atoms in total. The first-order chi connectivity index (χ1) is 11.5. The van der Waals surface area contributed by atoms with Gasteiger partial charge in [0, 0.05) is 24.9 Å². The Balaban J connectivity index is 2.34. The van der Waals surface area contributed by atoms with Crippen LogP contribution in [-0.4, -0.2) is 51.1 Å². The standard InChI is InChI=1S/C16H26N2O6/c1-23-13(19)6-8-17-15(21)11-4-3-5-12(10-11)16(22)18-9-7-14(20)24-2/h11-12H,3-10H2,1-2H3,(H,17,21)(H,18,22)/t11-,12-/m1/s1. The molecule has 0 radical (unpaired) electrons. The molecule has 24 heavy (non-hydrogen) atoms. The fourth-order valence-corrected chi connectivity index (χ4v) is 2.73. The molecule has 0 aliphatic heterocycles. The van der Waals surface area contributed by atoms with Crippen molar-refractivity contribution in [3.8, 4) is 0 Å². The summed E-state index contributed by atoms with van der Waals surface area (Å²) in [5, 5.41) is 5.42. The van der Waals surface area contributed by atoms with Crippen LogP contribution in [0.5, 0.6) is 0 Å². The van der Waals surface area contributed by atoms with Gasteiger partial charge in [0.1, 0.15) is 0 Å². The van der Waals surface area contributed by atoms with Gasteiger partial charge in [0.25, 0.3) is 0 Å². The lowest BCUT2D eigenvalue weighted by Crippen LogP contribution is -2.39. The van der Waals surface area contributed by atoms with Gasteiger partial charge in [0.05, 0.1) is 27.1 Å². The fourth-order valence-electron chi connectivity index (χ4n) is 2.73. The van der Waals surface area contributed by atoms with Gasteiger partial charge in [-0.3, -0.25) is 19.2 Å². The van der Waals surface area contributed by atoms with Gasteiger partial charge in [0.2, 0.25) is 11.8 Å². The topological polar surface area (TPSA) is 111 Å². The highest BCUT2D eigenvalue weighted by atomic mass is 16.5. The van der Waals surface area contributed by atoms with Gasteiger partial charge in [-0.05, 0) is 19.3 Å². The highest BCUT2D eigenvalue weighted by molar-refractivity contribution is 5.83. The highest BCUT2D eigenvalue weighted by Gasteiger charge is 2.31. The molecule has 1 rings (SSSR count). The normalized spacial score (nSPS) is 19.9. The Hall–Kier alpha value is -2.12. The third kappa shape index (κ3) is 6.97. The second kappa shape index (κ2) is 10.6. The number of ether oxygens (including phenoxy) is 2. The molecule has 0 saturated heterocycles. The van der Waals surface area contributed by atoms with Crippen LogP contribution in [0.4, 0.5) is 0 Å². The van der Waals surface area contributed by atoms with E-state index in [0.717, 1.165) is 19.3 Å². The number of carbonyl (C=O) groups excluding carboxylic acids is 4. The summed E-state index contributed by atoms with van der Waals surface area (Å²) in [6.07, 6.45) is 3.00. The summed E-state index contributed by atoms with van der Waals surface area (Å²) in [4.78, 5) is 46.3. The van der Waals surface area contributed by atoms with E-state index in [9.17, 15) is 19.2 Å². The number of amides is 2. The van der Waals surface area contributed by atoms with Crippen molar-refractivity contribution in [2.45, 2.75) is 38.5 Å². The van der Waals surface area contributed by atoms with Gasteiger partial charge in [-0.25, -0.2) is 0 Å². The van der Waals surface area contributed by atoms with Gasteiger partial charge in [-0.1, -0.05) is 6.42 Å². The van der Waals surface area contributed by atoms with Crippen LogP contribution in [0.25, 0.3) is 0 Å². The van der Waals surface area contributed by atoms with Crippen molar-refractivity contribution >= 4 is 23.8 Å². The first-order valence-corrected chi connectivity index (χ1v) is 8.17. The Bertz CT molecular complexity index is 425. The van der Waals surface area contributed by atoms with E-state index < -0.39 is 0 Å². The van der Waals surface area contributed by atoms with Crippen LogP contribution in [0.3, 0.4) is 0 Å². The molecule has 2 amide bonds. The number of esters is 2. The predicted octanol–water partition coefficient (Wildman–Crippen LogP) is 0.151. The third-order valence-electron chi connectivity index (χ3n) is 4.13. The van der Waals surface area contributed by atoms with Gasteiger partial charge < -0.3 is 20.1 Å². The summed E-state index contributed by atoms with van der Waals surface area (Å²) in [6.45, 7) is 0.468. The molecule has 1 aliphatic carbocycles. The molecule has 8 heteroatoms. The SMILES string of the molecule is COC(=O)CCNC(=O)[C@@H]1CCC[C@@H](C(=O)NCCC(=O)OC)C1. The minimum absolute atomic E-state index is 0.131. The van der Waals surface area contributed by atoms with Gasteiger partial charge in [-0.2, -0.15) is 0 Å². The maximum atomic E-state index is 12.1. The van der Waals surface area contributed by atoms with Crippen molar-refractivity contribution in [1.82, 2.24) is 10.6 Å². The van der Waals surface area contributed by atoms with Crippen LogP contribution >= 0.6 is 0 Å². The second-order valence-corrected chi connectivity index (χ2v) is 5.79. The Labute approximate surface area is 141 Å². The monoisotopic (exact) mass is 342 g/mol. The lowest BCUT2D eigenvalue weighted by atomic mass is 9.80.